The van der Waals surface area contributed by atoms with E-state index in [2.05, 4.69) is 15.4 Å². The summed E-state index contributed by atoms with van der Waals surface area (Å²) in [6.07, 6.45) is 1.27. The SMILES string of the molecule is Cc1ccc2ncc(C(=O)NCc3ccc(Cl)cc3)c(=O)n2n1. The second-order valence-electron chi connectivity index (χ2n) is 5.03. The Morgan fingerprint density at radius 2 is 1.96 bits per heavy atom. The molecule has 0 spiro atoms. The quantitative estimate of drug-likeness (QED) is 0.797. The fraction of sp³-hybridized carbons (Fsp3) is 0.125. The molecule has 0 fully saturated rings. The molecule has 0 aliphatic rings. The molecule has 3 rings (SSSR count). The number of carbonyl (C=O) groups is 1. The first-order valence-corrected chi connectivity index (χ1v) is 7.31. The van der Waals surface area contributed by atoms with E-state index >= 15 is 0 Å². The smallest absolute Gasteiger partial charge is 0.287 e. The lowest BCUT2D eigenvalue weighted by Crippen LogP contribution is -2.32. The molecule has 1 N–H and O–H groups in total. The summed E-state index contributed by atoms with van der Waals surface area (Å²) in [4.78, 5) is 28.7. The number of halogens is 1. The van der Waals surface area contributed by atoms with Crippen LogP contribution in [0.15, 0.2) is 47.4 Å². The molecule has 116 valence electrons. The highest BCUT2D eigenvalue weighted by Crippen LogP contribution is 2.09. The average molecular weight is 329 g/mol. The van der Waals surface area contributed by atoms with Crippen molar-refractivity contribution < 1.29 is 4.79 Å². The Kier molecular flexibility index (Phi) is 4.08. The molecule has 0 radical (unpaired) electrons. The molecule has 0 saturated carbocycles. The minimum absolute atomic E-state index is 0.0467. The van der Waals surface area contributed by atoms with Crippen molar-refractivity contribution in [3.63, 3.8) is 0 Å². The van der Waals surface area contributed by atoms with Crippen LogP contribution in [0.25, 0.3) is 5.65 Å². The van der Waals surface area contributed by atoms with E-state index in [0.717, 1.165) is 10.1 Å². The number of fused-ring (bicyclic) bond motifs is 1. The van der Waals surface area contributed by atoms with Gasteiger partial charge >= 0.3 is 0 Å². The molecule has 1 aromatic carbocycles. The first-order chi connectivity index (χ1) is 11.0. The molecule has 2 heterocycles. The zero-order valence-corrected chi connectivity index (χ0v) is 13.0. The molecular weight excluding hydrogens is 316 g/mol. The average Bonchev–Trinajstić information content (AvgIpc) is 2.55. The Morgan fingerprint density at radius 1 is 1.22 bits per heavy atom. The first kappa shape index (κ1) is 15.2. The third-order valence-corrected chi connectivity index (χ3v) is 3.56. The van der Waals surface area contributed by atoms with Crippen molar-refractivity contribution in [3.05, 3.63) is 74.8 Å². The van der Waals surface area contributed by atoms with E-state index in [-0.39, 0.29) is 5.56 Å². The van der Waals surface area contributed by atoms with Gasteiger partial charge < -0.3 is 5.32 Å². The molecular formula is C16H13ClN4O2. The lowest BCUT2D eigenvalue weighted by Gasteiger charge is -2.06. The Bertz CT molecular complexity index is 935. The van der Waals surface area contributed by atoms with Gasteiger partial charge in [0.25, 0.3) is 11.5 Å². The maximum Gasteiger partial charge on any atom is 0.287 e. The molecule has 2 aromatic heterocycles. The Morgan fingerprint density at radius 3 is 2.70 bits per heavy atom. The summed E-state index contributed by atoms with van der Waals surface area (Å²) in [5, 5.41) is 7.41. The van der Waals surface area contributed by atoms with Crippen LogP contribution in [-0.4, -0.2) is 20.5 Å². The monoisotopic (exact) mass is 328 g/mol. The zero-order valence-electron chi connectivity index (χ0n) is 12.3. The van der Waals surface area contributed by atoms with E-state index in [1.807, 2.05) is 0 Å². The van der Waals surface area contributed by atoms with Gasteiger partial charge in [-0.3, -0.25) is 9.59 Å². The van der Waals surface area contributed by atoms with Gasteiger partial charge in [-0.15, -0.1) is 0 Å². The second kappa shape index (κ2) is 6.18. The van der Waals surface area contributed by atoms with E-state index in [1.54, 1.807) is 43.3 Å². The van der Waals surface area contributed by atoms with Crippen molar-refractivity contribution in [2.45, 2.75) is 13.5 Å². The van der Waals surface area contributed by atoms with Crippen LogP contribution in [0.3, 0.4) is 0 Å². The van der Waals surface area contributed by atoms with Gasteiger partial charge in [-0.25, -0.2) is 4.98 Å². The van der Waals surface area contributed by atoms with Gasteiger partial charge in [0.2, 0.25) is 0 Å². The van der Waals surface area contributed by atoms with Gasteiger partial charge in [0.15, 0.2) is 5.65 Å². The van der Waals surface area contributed by atoms with E-state index in [9.17, 15) is 9.59 Å². The first-order valence-electron chi connectivity index (χ1n) is 6.93. The molecule has 23 heavy (non-hydrogen) atoms. The fourth-order valence-corrected chi connectivity index (χ4v) is 2.22. The number of rotatable bonds is 3. The van der Waals surface area contributed by atoms with Crippen molar-refractivity contribution in [2.75, 3.05) is 0 Å². The van der Waals surface area contributed by atoms with Crippen LogP contribution in [0.5, 0.6) is 0 Å². The summed E-state index contributed by atoms with van der Waals surface area (Å²) in [6, 6.07) is 10.5. The lowest BCUT2D eigenvalue weighted by molar-refractivity contribution is 0.0948. The Hall–Kier alpha value is -2.73. The highest BCUT2D eigenvalue weighted by atomic mass is 35.5. The molecule has 1 amide bonds. The Labute approximate surface area is 136 Å². The number of nitrogens with one attached hydrogen (secondary N) is 1. The number of aromatic nitrogens is 3. The third-order valence-electron chi connectivity index (χ3n) is 3.31. The number of hydrogen-bond acceptors (Lipinski definition) is 4. The fourth-order valence-electron chi connectivity index (χ4n) is 2.09. The highest BCUT2D eigenvalue weighted by molar-refractivity contribution is 6.30. The van der Waals surface area contributed by atoms with Crippen LogP contribution in [0.2, 0.25) is 5.02 Å². The minimum Gasteiger partial charge on any atom is -0.348 e. The number of nitrogens with zero attached hydrogens (tertiary/aromatic N) is 3. The lowest BCUT2D eigenvalue weighted by atomic mass is 10.2. The van der Waals surface area contributed by atoms with Crippen molar-refractivity contribution in [1.29, 1.82) is 0 Å². The summed E-state index contributed by atoms with van der Waals surface area (Å²) in [5.41, 5.74) is 1.41. The number of amides is 1. The van der Waals surface area contributed by atoms with Crippen LogP contribution in [0, 0.1) is 6.92 Å². The predicted molar refractivity (Wildman–Crippen MR) is 86.6 cm³/mol. The zero-order chi connectivity index (χ0) is 16.4. The van der Waals surface area contributed by atoms with Crippen LogP contribution < -0.4 is 10.9 Å². The summed E-state index contributed by atoms with van der Waals surface area (Å²) < 4.78 is 1.13. The van der Waals surface area contributed by atoms with E-state index in [1.165, 1.54) is 6.20 Å². The molecule has 0 atom stereocenters. The van der Waals surface area contributed by atoms with Crippen LogP contribution in [0.1, 0.15) is 21.6 Å². The molecule has 6 nitrogen and oxygen atoms in total. The van der Waals surface area contributed by atoms with Crippen molar-refractivity contribution in [2.24, 2.45) is 0 Å². The summed E-state index contributed by atoms with van der Waals surface area (Å²) in [7, 11) is 0. The van der Waals surface area contributed by atoms with Crippen molar-refractivity contribution in [1.82, 2.24) is 19.9 Å². The van der Waals surface area contributed by atoms with Gasteiger partial charge in [0, 0.05) is 17.8 Å². The van der Waals surface area contributed by atoms with Gasteiger partial charge in [0.1, 0.15) is 5.56 Å². The molecule has 0 aliphatic carbocycles. The molecule has 7 heteroatoms. The Balaban J connectivity index is 1.84. The number of hydrogen-bond donors (Lipinski definition) is 1. The maximum atomic E-state index is 12.4. The van der Waals surface area contributed by atoms with Crippen molar-refractivity contribution >= 4 is 23.2 Å². The standard InChI is InChI=1S/C16H13ClN4O2/c1-10-2-7-14-18-9-13(16(23)21(14)20-10)15(22)19-8-11-3-5-12(17)6-4-11/h2-7,9H,8H2,1H3,(H,19,22). The van der Waals surface area contributed by atoms with E-state index in [4.69, 9.17) is 11.6 Å². The van der Waals surface area contributed by atoms with Gasteiger partial charge in [-0.05, 0) is 36.8 Å². The summed E-state index contributed by atoms with van der Waals surface area (Å²) >= 11 is 5.81. The van der Waals surface area contributed by atoms with E-state index < -0.39 is 11.5 Å². The van der Waals surface area contributed by atoms with Gasteiger partial charge in [0.05, 0.1) is 5.69 Å². The topological polar surface area (TPSA) is 76.4 Å². The molecule has 0 saturated heterocycles. The van der Waals surface area contributed by atoms with Crippen LogP contribution in [-0.2, 0) is 6.54 Å². The van der Waals surface area contributed by atoms with Gasteiger partial charge in [-0.2, -0.15) is 9.61 Å². The van der Waals surface area contributed by atoms with Crippen LogP contribution in [0.4, 0.5) is 0 Å². The predicted octanol–water partition coefficient (Wildman–Crippen LogP) is 1.98. The minimum atomic E-state index is -0.493. The highest BCUT2D eigenvalue weighted by Gasteiger charge is 2.13. The normalized spacial score (nSPS) is 10.7. The van der Waals surface area contributed by atoms with Crippen molar-refractivity contribution in [3.8, 4) is 0 Å². The number of aryl methyl sites for hydroxylation is 1. The molecule has 0 unspecified atom stereocenters. The number of carbonyl (C=O) groups excluding carboxylic acids is 1. The summed E-state index contributed by atoms with van der Waals surface area (Å²) in [6.45, 7) is 2.05. The second-order valence-corrected chi connectivity index (χ2v) is 5.47. The molecule has 0 bridgehead atoms. The van der Waals surface area contributed by atoms with Crippen LogP contribution >= 0.6 is 11.6 Å². The van der Waals surface area contributed by atoms with E-state index in [0.29, 0.717) is 22.9 Å². The third kappa shape index (κ3) is 3.22. The van der Waals surface area contributed by atoms with Gasteiger partial charge in [-0.1, -0.05) is 23.7 Å². The molecule has 0 aliphatic heterocycles. The maximum absolute atomic E-state index is 12.4. The largest absolute Gasteiger partial charge is 0.348 e. The molecule has 3 aromatic rings. The number of benzene rings is 1. The summed E-state index contributed by atoms with van der Waals surface area (Å²) in [5.74, 6) is -0.491.